The third-order valence-electron chi connectivity index (χ3n) is 2.04. The Bertz CT molecular complexity index is 507. The number of hydrogen-bond acceptors (Lipinski definition) is 3. The van der Waals surface area contributed by atoms with Crippen LogP contribution in [0.25, 0.3) is 0 Å². The van der Waals surface area contributed by atoms with Crippen LogP contribution in [0.3, 0.4) is 0 Å². The Kier molecular flexibility index (Phi) is 4.22. The lowest BCUT2D eigenvalue weighted by Gasteiger charge is -2.19. The number of anilines is 1. The van der Waals surface area contributed by atoms with Crippen molar-refractivity contribution in [1.29, 1.82) is 0 Å². The molecule has 3 N–H and O–H groups in total. The van der Waals surface area contributed by atoms with E-state index in [0.717, 1.165) is 0 Å². The molecule has 0 saturated heterocycles. The number of rotatable bonds is 3. The number of benzene rings is 1. The third-order valence-corrected chi connectivity index (χ3v) is 4.43. The van der Waals surface area contributed by atoms with Gasteiger partial charge in [0.2, 0.25) is 10.0 Å². The average Bonchev–Trinajstić information content (AvgIpc) is 2.18. The highest BCUT2D eigenvalue weighted by Crippen LogP contribution is 2.24. The molecule has 0 aromatic heterocycles. The number of nitrogens with one attached hydrogen (secondary N) is 1. The van der Waals surface area contributed by atoms with E-state index in [-0.39, 0.29) is 10.3 Å². The van der Waals surface area contributed by atoms with Crippen molar-refractivity contribution in [2.75, 3.05) is 12.3 Å². The van der Waals surface area contributed by atoms with Gasteiger partial charge in [0.1, 0.15) is 0 Å². The molecule has 4 nitrogen and oxygen atoms in total. The molecule has 17 heavy (non-hydrogen) atoms. The first kappa shape index (κ1) is 14.5. The molecule has 0 unspecified atom stereocenters. The molecule has 0 aliphatic rings. The number of nitrogens with two attached hydrogens (primary N) is 1. The summed E-state index contributed by atoms with van der Waals surface area (Å²) in [5.41, 5.74) is 5.90. The van der Waals surface area contributed by atoms with Crippen LogP contribution in [0.1, 0.15) is 20.8 Å². The van der Waals surface area contributed by atoms with Crippen LogP contribution < -0.4 is 10.5 Å². The molecule has 0 saturated carbocycles. The maximum atomic E-state index is 12.1. The van der Waals surface area contributed by atoms with E-state index in [2.05, 4.69) is 20.7 Å². The molecule has 6 heteroatoms. The van der Waals surface area contributed by atoms with E-state index in [1.54, 1.807) is 12.1 Å². The fraction of sp³-hybridized carbons (Fsp3) is 0.455. The SMILES string of the molecule is CC(C)(C)CNS(=O)(=O)c1cc(N)ccc1Br. The molecule has 1 aromatic rings. The van der Waals surface area contributed by atoms with Gasteiger partial charge in [0, 0.05) is 16.7 Å². The van der Waals surface area contributed by atoms with E-state index >= 15 is 0 Å². The minimum absolute atomic E-state index is 0.111. The minimum Gasteiger partial charge on any atom is -0.399 e. The third kappa shape index (κ3) is 4.29. The van der Waals surface area contributed by atoms with Gasteiger partial charge in [-0.15, -0.1) is 0 Å². The van der Waals surface area contributed by atoms with E-state index in [0.29, 0.717) is 16.7 Å². The lowest BCUT2D eigenvalue weighted by Crippen LogP contribution is -2.32. The smallest absolute Gasteiger partial charge is 0.241 e. The fourth-order valence-electron chi connectivity index (χ4n) is 1.12. The van der Waals surface area contributed by atoms with Crippen LogP contribution in [0.15, 0.2) is 27.6 Å². The molecule has 0 aliphatic heterocycles. The zero-order valence-electron chi connectivity index (χ0n) is 10.1. The Morgan fingerprint density at radius 1 is 1.35 bits per heavy atom. The summed E-state index contributed by atoms with van der Waals surface area (Å²) in [6.45, 7) is 6.26. The van der Waals surface area contributed by atoms with E-state index < -0.39 is 10.0 Å². The molecule has 0 heterocycles. The lowest BCUT2D eigenvalue weighted by molar-refractivity contribution is 0.407. The molecule has 0 radical (unpaired) electrons. The van der Waals surface area contributed by atoms with Gasteiger partial charge in [-0.3, -0.25) is 0 Å². The van der Waals surface area contributed by atoms with Crippen molar-refractivity contribution in [2.45, 2.75) is 25.7 Å². The number of hydrogen-bond donors (Lipinski definition) is 2. The fourth-order valence-corrected chi connectivity index (χ4v) is 3.40. The zero-order chi connectivity index (χ0) is 13.3. The summed E-state index contributed by atoms with van der Waals surface area (Å²) >= 11 is 3.21. The molecule has 0 fully saturated rings. The van der Waals surface area contributed by atoms with Crippen molar-refractivity contribution in [3.63, 3.8) is 0 Å². The highest BCUT2D eigenvalue weighted by Gasteiger charge is 2.20. The topological polar surface area (TPSA) is 72.2 Å². The largest absolute Gasteiger partial charge is 0.399 e. The molecule has 0 aliphatic carbocycles. The normalized spacial score (nSPS) is 12.7. The number of sulfonamides is 1. The van der Waals surface area contributed by atoms with Crippen LogP contribution in [-0.2, 0) is 10.0 Å². The van der Waals surface area contributed by atoms with E-state index in [9.17, 15) is 8.42 Å². The van der Waals surface area contributed by atoms with Gasteiger partial charge in [0.25, 0.3) is 0 Å². The monoisotopic (exact) mass is 320 g/mol. The zero-order valence-corrected chi connectivity index (χ0v) is 12.5. The summed E-state index contributed by atoms with van der Waals surface area (Å²) in [4.78, 5) is 0.168. The second kappa shape index (κ2) is 4.96. The van der Waals surface area contributed by atoms with Gasteiger partial charge < -0.3 is 5.73 Å². The first-order valence-electron chi connectivity index (χ1n) is 5.16. The Hall–Kier alpha value is -0.590. The summed E-state index contributed by atoms with van der Waals surface area (Å²) in [7, 11) is -3.52. The Labute approximate surface area is 111 Å². The maximum Gasteiger partial charge on any atom is 0.241 e. The van der Waals surface area contributed by atoms with E-state index in [1.807, 2.05) is 20.8 Å². The van der Waals surface area contributed by atoms with Crippen molar-refractivity contribution in [3.8, 4) is 0 Å². The predicted molar refractivity (Wildman–Crippen MR) is 73.2 cm³/mol. The van der Waals surface area contributed by atoms with Crippen molar-refractivity contribution in [3.05, 3.63) is 22.7 Å². The van der Waals surface area contributed by atoms with Crippen molar-refractivity contribution < 1.29 is 8.42 Å². The highest BCUT2D eigenvalue weighted by atomic mass is 79.9. The van der Waals surface area contributed by atoms with Crippen molar-refractivity contribution in [1.82, 2.24) is 4.72 Å². The Morgan fingerprint density at radius 2 is 1.94 bits per heavy atom. The van der Waals surface area contributed by atoms with E-state index in [1.165, 1.54) is 6.07 Å². The van der Waals surface area contributed by atoms with Crippen LogP contribution in [0.5, 0.6) is 0 Å². The summed E-state index contributed by atoms with van der Waals surface area (Å²) in [6.07, 6.45) is 0. The second-order valence-electron chi connectivity index (χ2n) is 5.08. The first-order valence-corrected chi connectivity index (χ1v) is 7.44. The van der Waals surface area contributed by atoms with Gasteiger partial charge in [-0.05, 0) is 39.5 Å². The standard InChI is InChI=1S/C11H17BrN2O2S/c1-11(2,3)7-14-17(15,16)10-6-8(13)4-5-9(10)12/h4-6,14H,7,13H2,1-3H3. The van der Waals surface area contributed by atoms with Gasteiger partial charge >= 0.3 is 0 Å². The molecule has 0 spiro atoms. The molecule has 0 atom stereocenters. The first-order chi connectivity index (χ1) is 7.62. The van der Waals surface area contributed by atoms with Gasteiger partial charge in [0.05, 0.1) is 4.90 Å². The molecule has 1 rings (SSSR count). The van der Waals surface area contributed by atoms with Crippen LogP contribution in [0, 0.1) is 5.41 Å². The summed E-state index contributed by atoms with van der Waals surface area (Å²) in [5, 5.41) is 0. The maximum absolute atomic E-state index is 12.1. The van der Waals surface area contributed by atoms with Crippen LogP contribution >= 0.6 is 15.9 Å². The molecule has 0 amide bonds. The molecular formula is C11H17BrN2O2S. The Balaban J connectivity index is 3.02. The van der Waals surface area contributed by atoms with Crippen molar-refractivity contribution >= 4 is 31.6 Å². The van der Waals surface area contributed by atoms with Gasteiger partial charge in [-0.2, -0.15) is 0 Å². The highest BCUT2D eigenvalue weighted by molar-refractivity contribution is 9.10. The quantitative estimate of drug-likeness (QED) is 0.840. The number of halogens is 1. The molecule has 1 aromatic carbocycles. The molecule has 0 bridgehead atoms. The average molecular weight is 321 g/mol. The minimum atomic E-state index is -3.52. The van der Waals surface area contributed by atoms with Crippen molar-refractivity contribution in [2.24, 2.45) is 5.41 Å². The van der Waals surface area contributed by atoms with Gasteiger partial charge in [-0.1, -0.05) is 20.8 Å². The summed E-state index contributed by atoms with van der Waals surface area (Å²) < 4.78 is 27.2. The van der Waals surface area contributed by atoms with Gasteiger partial charge in [-0.25, -0.2) is 13.1 Å². The molecule has 96 valence electrons. The summed E-state index contributed by atoms with van der Waals surface area (Å²) in [5.74, 6) is 0. The second-order valence-corrected chi connectivity index (χ2v) is 7.66. The number of nitrogen functional groups attached to an aromatic ring is 1. The Morgan fingerprint density at radius 3 is 2.47 bits per heavy atom. The molecular weight excluding hydrogens is 304 g/mol. The lowest BCUT2D eigenvalue weighted by atomic mass is 9.98. The van der Waals surface area contributed by atoms with Gasteiger partial charge in [0.15, 0.2) is 0 Å². The van der Waals surface area contributed by atoms with Crippen LogP contribution in [0.4, 0.5) is 5.69 Å². The predicted octanol–water partition coefficient (Wildman–Crippen LogP) is 2.36. The van der Waals surface area contributed by atoms with Crippen LogP contribution in [0.2, 0.25) is 0 Å². The van der Waals surface area contributed by atoms with Crippen LogP contribution in [-0.4, -0.2) is 15.0 Å². The van der Waals surface area contributed by atoms with E-state index in [4.69, 9.17) is 5.73 Å². The summed E-state index contributed by atoms with van der Waals surface area (Å²) in [6, 6.07) is 4.71.